The standard InChI is InChI=1S/C23H23F4N3O3S/c1-21(2,13-28-20(31)22(10-11-22)23(25,26)27)14-30(16-6-4-3-5-7-16)19-17-9-8-15(24)12-18(17)34(32,33)29-19/h3-9,12H,10-11,13-14H2,1-2H3,(H,28,31). The molecule has 1 fully saturated rings. The van der Waals surface area contributed by atoms with Crippen molar-refractivity contribution in [1.29, 1.82) is 0 Å². The van der Waals surface area contributed by atoms with Gasteiger partial charge in [0.2, 0.25) is 5.91 Å². The summed E-state index contributed by atoms with van der Waals surface area (Å²) in [5.74, 6) is -1.69. The zero-order valence-corrected chi connectivity index (χ0v) is 19.3. The van der Waals surface area contributed by atoms with Gasteiger partial charge in [-0.2, -0.15) is 21.6 Å². The minimum absolute atomic E-state index is 0.0783. The van der Waals surface area contributed by atoms with Gasteiger partial charge < -0.3 is 10.2 Å². The number of anilines is 1. The van der Waals surface area contributed by atoms with E-state index in [1.54, 1.807) is 49.1 Å². The number of amides is 1. The molecule has 1 N–H and O–H groups in total. The smallest absolute Gasteiger partial charge is 0.355 e. The Hall–Kier alpha value is -2.95. The lowest BCUT2D eigenvalue weighted by molar-refractivity contribution is -0.192. The Morgan fingerprint density at radius 2 is 1.76 bits per heavy atom. The Kier molecular flexibility index (Phi) is 5.74. The highest BCUT2D eigenvalue weighted by molar-refractivity contribution is 7.90. The molecule has 182 valence electrons. The van der Waals surface area contributed by atoms with Crippen molar-refractivity contribution in [3.8, 4) is 0 Å². The van der Waals surface area contributed by atoms with Crippen LogP contribution >= 0.6 is 0 Å². The largest absolute Gasteiger partial charge is 0.403 e. The molecule has 0 aromatic heterocycles. The number of hydrogen-bond acceptors (Lipinski definition) is 4. The molecule has 0 saturated heterocycles. The molecule has 2 aromatic carbocycles. The molecule has 0 radical (unpaired) electrons. The molecule has 11 heteroatoms. The number of rotatable bonds is 6. The molecule has 1 saturated carbocycles. The summed E-state index contributed by atoms with van der Waals surface area (Å²) in [5.41, 5.74) is -2.31. The summed E-state index contributed by atoms with van der Waals surface area (Å²) in [4.78, 5) is 13.7. The van der Waals surface area contributed by atoms with Crippen LogP contribution in [0.3, 0.4) is 0 Å². The van der Waals surface area contributed by atoms with Crippen LogP contribution in [0.1, 0.15) is 32.3 Å². The summed E-state index contributed by atoms with van der Waals surface area (Å²) in [6, 6.07) is 12.1. The highest BCUT2D eigenvalue weighted by atomic mass is 32.2. The van der Waals surface area contributed by atoms with Gasteiger partial charge >= 0.3 is 6.18 Å². The van der Waals surface area contributed by atoms with E-state index in [0.717, 1.165) is 12.1 Å². The van der Waals surface area contributed by atoms with Crippen molar-refractivity contribution in [2.45, 2.75) is 37.8 Å². The van der Waals surface area contributed by atoms with Gasteiger partial charge in [-0.25, -0.2) is 4.39 Å². The van der Waals surface area contributed by atoms with Crippen molar-refractivity contribution in [3.63, 3.8) is 0 Å². The quantitative estimate of drug-likeness (QED) is 0.605. The number of nitrogens with zero attached hydrogens (tertiary/aromatic N) is 2. The number of benzene rings is 2. The van der Waals surface area contributed by atoms with E-state index >= 15 is 0 Å². The monoisotopic (exact) mass is 497 g/mol. The third-order valence-electron chi connectivity index (χ3n) is 6.03. The lowest BCUT2D eigenvalue weighted by Crippen LogP contribution is -2.48. The van der Waals surface area contributed by atoms with E-state index in [-0.39, 0.29) is 42.2 Å². The predicted molar refractivity (Wildman–Crippen MR) is 118 cm³/mol. The molecule has 2 aromatic rings. The van der Waals surface area contributed by atoms with Crippen LogP contribution in [0.25, 0.3) is 0 Å². The second kappa shape index (κ2) is 8.07. The number of para-hydroxylation sites is 1. The average Bonchev–Trinajstić information content (AvgIpc) is 3.53. The second-order valence-corrected chi connectivity index (χ2v) is 11.0. The van der Waals surface area contributed by atoms with Crippen molar-refractivity contribution in [1.82, 2.24) is 5.32 Å². The molecule has 1 heterocycles. The van der Waals surface area contributed by atoms with E-state index in [4.69, 9.17) is 0 Å². The van der Waals surface area contributed by atoms with Gasteiger partial charge in [0.05, 0.1) is 0 Å². The maximum atomic E-state index is 13.7. The molecule has 4 rings (SSSR count). The van der Waals surface area contributed by atoms with Crippen molar-refractivity contribution in [2.75, 3.05) is 18.0 Å². The number of nitrogens with one attached hydrogen (secondary N) is 1. The van der Waals surface area contributed by atoms with Gasteiger partial charge in [-0.15, -0.1) is 4.40 Å². The molecule has 34 heavy (non-hydrogen) atoms. The van der Waals surface area contributed by atoms with E-state index in [0.29, 0.717) is 5.69 Å². The molecule has 1 aliphatic heterocycles. The highest BCUT2D eigenvalue weighted by Crippen LogP contribution is 2.57. The first kappa shape index (κ1) is 24.2. The van der Waals surface area contributed by atoms with Crippen molar-refractivity contribution < 1.29 is 30.8 Å². The number of halogens is 4. The van der Waals surface area contributed by atoms with E-state index in [1.165, 1.54) is 6.07 Å². The third-order valence-corrected chi connectivity index (χ3v) is 7.34. The summed E-state index contributed by atoms with van der Waals surface area (Å²) in [5, 5.41) is 2.43. The van der Waals surface area contributed by atoms with Crippen LogP contribution in [0, 0.1) is 16.6 Å². The maximum Gasteiger partial charge on any atom is 0.403 e. The molecule has 0 spiro atoms. The Morgan fingerprint density at radius 3 is 2.35 bits per heavy atom. The van der Waals surface area contributed by atoms with Crippen LogP contribution in [0.15, 0.2) is 57.8 Å². The van der Waals surface area contributed by atoms with Crippen LogP contribution in [-0.4, -0.2) is 39.4 Å². The Labute approximate surface area is 194 Å². The first-order chi connectivity index (χ1) is 15.8. The first-order valence-electron chi connectivity index (χ1n) is 10.6. The zero-order chi connectivity index (χ0) is 24.9. The second-order valence-electron chi connectivity index (χ2n) is 9.38. The fourth-order valence-corrected chi connectivity index (χ4v) is 5.16. The van der Waals surface area contributed by atoms with Crippen LogP contribution in [0.4, 0.5) is 23.2 Å². The number of fused-ring (bicyclic) bond motifs is 1. The summed E-state index contributed by atoms with van der Waals surface area (Å²) in [7, 11) is -4.13. The number of hydrogen-bond donors (Lipinski definition) is 1. The van der Waals surface area contributed by atoms with E-state index in [2.05, 4.69) is 9.71 Å². The Balaban J connectivity index is 1.62. The van der Waals surface area contributed by atoms with Gasteiger partial charge in [0.15, 0.2) is 5.84 Å². The molecule has 1 aliphatic carbocycles. The van der Waals surface area contributed by atoms with Crippen molar-refractivity contribution in [2.24, 2.45) is 15.2 Å². The minimum Gasteiger partial charge on any atom is -0.355 e. The summed E-state index contributed by atoms with van der Waals surface area (Å²) in [6.45, 7) is 3.52. The maximum absolute atomic E-state index is 13.7. The molecule has 2 aliphatic rings. The molecule has 1 amide bonds. The van der Waals surface area contributed by atoms with Gasteiger partial charge in [-0.1, -0.05) is 32.0 Å². The molecule has 6 nitrogen and oxygen atoms in total. The van der Waals surface area contributed by atoms with Crippen LogP contribution < -0.4 is 10.2 Å². The van der Waals surface area contributed by atoms with Gasteiger partial charge in [-0.3, -0.25) is 4.79 Å². The Morgan fingerprint density at radius 1 is 1.12 bits per heavy atom. The minimum atomic E-state index is -4.61. The van der Waals surface area contributed by atoms with Crippen molar-refractivity contribution >= 4 is 27.5 Å². The Bertz CT molecular complexity index is 1250. The van der Waals surface area contributed by atoms with Crippen LogP contribution in [-0.2, 0) is 14.8 Å². The highest BCUT2D eigenvalue weighted by Gasteiger charge is 2.68. The van der Waals surface area contributed by atoms with Gasteiger partial charge in [-0.05, 0) is 43.2 Å². The van der Waals surface area contributed by atoms with Crippen molar-refractivity contribution in [3.05, 3.63) is 59.9 Å². The van der Waals surface area contributed by atoms with E-state index < -0.39 is 38.8 Å². The lowest BCUT2D eigenvalue weighted by Gasteiger charge is -2.34. The third kappa shape index (κ3) is 4.40. The SMILES string of the molecule is CC(C)(CNC(=O)C1(C(F)(F)F)CC1)CN(C1=NS(=O)(=O)c2cc(F)ccc21)c1ccccc1. The normalized spacial score (nSPS) is 18.1. The van der Waals surface area contributed by atoms with Crippen LogP contribution in [0.5, 0.6) is 0 Å². The number of alkyl halides is 3. The fraction of sp³-hybridized carbons (Fsp3) is 0.391. The molecule has 0 atom stereocenters. The topological polar surface area (TPSA) is 78.8 Å². The number of sulfonamides is 1. The van der Waals surface area contributed by atoms with Gasteiger partial charge in [0, 0.05) is 29.8 Å². The summed E-state index contributed by atoms with van der Waals surface area (Å²) in [6.07, 6.45) is -5.08. The molecule has 0 unspecified atom stereocenters. The fourth-order valence-electron chi connectivity index (χ4n) is 3.93. The van der Waals surface area contributed by atoms with E-state index in [1.807, 2.05) is 0 Å². The summed E-state index contributed by atoms with van der Waals surface area (Å²) >= 11 is 0. The number of carbonyl (C=O) groups is 1. The molecular formula is C23H23F4N3O3S. The van der Waals surface area contributed by atoms with Gasteiger partial charge in [0.1, 0.15) is 16.1 Å². The predicted octanol–water partition coefficient (Wildman–Crippen LogP) is 4.27. The molecular weight excluding hydrogens is 474 g/mol. The number of amidine groups is 1. The first-order valence-corrected chi connectivity index (χ1v) is 12.0. The van der Waals surface area contributed by atoms with E-state index in [9.17, 15) is 30.8 Å². The van der Waals surface area contributed by atoms with Gasteiger partial charge in [0.25, 0.3) is 10.0 Å². The lowest BCUT2D eigenvalue weighted by atomic mass is 9.91. The average molecular weight is 498 g/mol. The zero-order valence-electron chi connectivity index (χ0n) is 18.5. The number of carbonyl (C=O) groups excluding carboxylic acids is 1. The molecule has 0 bridgehead atoms. The summed E-state index contributed by atoms with van der Waals surface area (Å²) < 4.78 is 82.6. The van der Waals surface area contributed by atoms with Crippen LogP contribution in [0.2, 0.25) is 0 Å².